The van der Waals surface area contributed by atoms with Crippen LogP contribution in [0.4, 0.5) is 0 Å². The van der Waals surface area contributed by atoms with Crippen molar-refractivity contribution < 1.29 is 4.79 Å². The molecule has 1 atom stereocenters. The highest BCUT2D eigenvalue weighted by molar-refractivity contribution is 5.88. The van der Waals surface area contributed by atoms with Crippen LogP contribution in [0.15, 0.2) is 36.0 Å². The number of amides is 1. The van der Waals surface area contributed by atoms with Crippen LogP contribution in [-0.2, 0) is 23.7 Å². The highest BCUT2D eigenvalue weighted by Crippen LogP contribution is 2.48. The van der Waals surface area contributed by atoms with E-state index in [4.69, 9.17) is 0 Å². The van der Waals surface area contributed by atoms with E-state index in [0.717, 1.165) is 12.8 Å². The van der Waals surface area contributed by atoms with Crippen molar-refractivity contribution in [3.63, 3.8) is 0 Å². The zero-order valence-electron chi connectivity index (χ0n) is 12.8. The molecule has 0 bridgehead atoms. The molecule has 0 saturated carbocycles. The van der Waals surface area contributed by atoms with Crippen molar-refractivity contribution in [1.82, 2.24) is 9.47 Å². The second-order valence-electron chi connectivity index (χ2n) is 6.48. The Balaban J connectivity index is 2.02. The highest BCUT2D eigenvalue weighted by Gasteiger charge is 2.44. The summed E-state index contributed by atoms with van der Waals surface area (Å²) in [6, 6.07) is 8.62. The Kier molecular flexibility index (Phi) is 2.42. The van der Waals surface area contributed by atoms with E-state index >= 15 is 0 Å². The summed E-state index contributed by atoms with van der Waals surface area (Å²) < 4.78 is 2.33. The zero-order chi connectivity index (χ0) is 14.8. The third-order valence-electron chi connectivity index (χ3n) is 5.37. The van der Waals surface area contributed by atoms with E-state index in [1.165, 1.54) is 27.9 Å². The van der Waals surface area contributed by atoms with Crippen LogP contribution < -0.4 is 0 Å². The van der Waals surface area contributed by atoms with Crippen LogP contribution in [0.3, 0.4) is 0 Å². The monoisotopic (exact) mass is 280 g/mol. The Hall–Kier alpha value is -2.03. The summed E-state index contributed by atoms with van der Waals surface area (Å²) in [4.78, 5) is 13.9. The summed E-state index contributed by atoms with van der Waals surface area (Å²) in [6.07, 6.45) is 4.70. The number of carbonyl (C=O) groups is 1. The predicted octanol–water partition coefficient (Wildman–Crippen LogP) is 3.13. The molecule has 1 fully saturated rings. The number of para-hydroxylation sites is 1. The third kappa shape index (κ3) is 1.46. The van der Waals surface area contributed by atoms with Gasteiger partial charge >= 0.3 is 0 Å². The van der Waals surface area contributed by atoms with E-state index in [1.54, 1.807) is 0 Å². The summed E-state index contributed by atoms with van der Waals surface area (Å²) in [5.41, 5.74) is 5.24. The Bertz CT molecular complexity index is 799. The highest BCUT2D eigenvalue weighted by atomic mass is 16.2. The number of aryl methyl sites for hydroxylation is 1. The maximum Gasteiger partial charge on any atom is 0.226 e. The zero-order valence-corrected chi connectivity index (χ0v) is 12.8. The number of fused-ring (bicyclic) bond motifs is 5. The van der Waals surface area contributed by atoms with Gasteiger partial charge in [-0.05, 0) is 31.4 Å². The number of hydrogen-bond donors (Lipinski definition) is 0. The number of aromatic nitrogens is 1. The van der Waals surface area contributed by atoms with E-state index in [2.05, 4.69) is 48.9 Å². The van der Waals surface area contributed by atoms with E-state index in [9.17, 15) is 4.79 Å². The minimum absolute atomic E-state index is 0.0516. The van der Waals surface area contributed by atoms with Crippen molar-refractivity contribution in [2.45, 2.75) is 31.6 Å². The number of hydrogen-bond acceptors (Lipinski definition) is 1. The van der Waals surface area contributed by atoms with Gasteiger partial charge in [-0.3, -0.25) is 4.79 Å². The molecule has 0 N–H and O–H groups in total. The Labute approximate surface area is 124 Å². The first-order valence-electron chi connectivity index (χ1n) is 7.58. The number of likely N-dealkylation sites (tertiary alicyclic amines) is 1. The van der Waals surface area contributed by atoms with Crippen molar-refractivity contribution in [1.29, 1.82) is 0 Å². The third-order valence-corrected chi connectivity index (χ3v) is 5.37. The van der Waals surface area contributed by atoms with Crippen molar-refractivity contribution in [2.24, 2.45) is 7.05 Å². The quantitative estimate of drug-likeness (QED) is 0.728. The Morgan fingerprint density at radius 2 is 1.95 bits per heavy atom. The SMILES string of the molecule is CN1C(=O)CCC2(C)C1=CCc1c2n(C)c2ccccc12. The standard InChI is InChI=1S/C18H20N2O/c1-18-11-10-16(21)20(3)15(18)9-8-13-12-6-4-5-7-14(12)19(2)17(13)18/h4-7,9H,8,10-11H2,1-3H3. The molecule has 108 valence electrons. The lowest BCUT2D eigenvalue weighted by Gasteiger charge is -2.44. The molecule has 0 radical (unpaired) electrons. The summed E-state index contributed by atoms with van der Waals surface area (Å²) in [6.45, 7) is 2.29. The number of benzene rings is 1. The van der Waals surface area contributed by atoms with Crippen molar-refractivity contribution in [2.75, 3.05) is 7.05 Å². The molecule has 1 unspecified atom stereocenters. The van der Waals surface area contributed by atoms with Gasteiger partial charge in [-0.1, -0.05) is 24.3 Å². The first-order chi connectivity index (χ1) is 10.0. The number of piperidine rings is 1. The maximum atomic E-state index is 12.0. The Morgan fingerprint density at radius 3 is 2.76 bits per heavy atom. The number of likely N-dealkylation sites (N-methyl/N-ethyl adjacent to an activating group) is 1. The Morgan fingerprint density at radius 1 is 1.19 bits per heavy atom. The van der Waals surface area contributed by atoms with E-state index in [0.29, 0.717) is 6.42 Å². The molecule has 2 aromatic rings. The van der Waals surface area contributed by atoms with Gasteiger partial charge < -0.3 is 9.47 Å². The summed E-state index contributed by atoms with van der Waals surface area (Å²) in [5.74, 6) is 0.237. The molecule has 1 aromatic carbocycles. The van der Waals surface area contributed by atoms with Gasteiger partial charge in [0.25, 0.3) is 0 Å². The summed E-state index contributed by atoms with van der Waals surface area (Å²) in [7, 11) is 4.07. The van der Waals surface area contributed by atoms with E-state index in [-0.39, 0.29) is 11.3 Å². The molecule has 2 heterocycles. The minimum Gasteiger partial charge on any atom is -0.346 e. The van der Waals surface area contributed by atoms with Crippen LogP contribution in [0.5, 0.6) is 0 Å². The maximum absolute atomic E-state index is 12.0. The topological polar surface area (TPSA) is 25.2 Å². The van der Waals surface area contributed by atoms with Crippen LogP contribution in [0.2, 0.25) is 0 Å². The molecule has 1 amide bonds. The van der Waals surface area contributed by atoms with E-state index in [1.807, 2.05) is 11.9 Å². The number of rotatable bonds is 0. The van der Waals surface area contributed by atoms with Crippen LogP contribution in [0.1, 0.15) is 31.0 Å². The van der Waals surface area contributed by atoms with Gasteiger partial charge in [0, 0.05) is 48.2 Å². The summed E-state index contributed by atoms with van der Waals surface area (Å²) in [5, 5.41) is 1.35. The number of carbonyl (C=O) groups excluding carboxylic acids is 1. The van der Waals surface area contributed by atoms with Crippen molar-refractivity contribution in [3.05, 3.63) is 47.3 Å². The van der Waals surface area contributed by atoms with Gasteiger partial charge in [0.15, 0.2) is 0 Å². The molecule has 1 aromatic heterocycles. The lowest BCUT2D eigenvalue weighted by molar-refractivity contribution is -0.131. The molecule has 21 heavy (non-hydrogen) atoms. The predicted molar refractivity (Wildman–Crippen MR) is 84.1 cm³/mol. The molecule has 3 nitrogen and oxygen atoms in total. The first-order valence-corrected chi connectivity index (χ1v) is 7.58. The van der Waals surface area contributed by atoms with Crippen LogP contribution in [-0.4, -0.2) is 22.4 Å². The number of allylic oxidation sites excluding steroid dienone is 2. The van der Waals surface area contributed by atoms with Gasteiger partial charge in [-0.15, -0.1) is 0 Å². The fourth-order valence-corrected chi connectivity index (χ4v) is 4.34. The molecule has 0 spiro atoms. The molecule has 3 heteroatoms. The van der Waals surface area contributed by atoms with Crippen LogP contribution in [0, 0.1) is 0 Å². The van der Waals surface area contributed by atoms with Gasteiger partial charge in [0.05, 0.1) is 0 Å². The molecule has 1 aliphatic heterocycles. The second kappa shape index (κ2) is 4.00. The fourth-order valence-electron chi connectivity index (χ4n) is 4.34. The average molecular weight is 280 g/mol. The summed E-state index contributed by atoms with van der Waals surface area (Å²) >= 11 is 0. The smallest absolute Gasteiger partial charge is 0.226 e. The lowest BCUT2D eigenvalue weighted by Crippen LogP contribution is -2.45. The van der Waals surface area contributed by atoms with E-state index < -0.39 is 0 Å². The normalized spacial score (nSPS) is 24.8. The minimum atomic E-state index is -0.0516. The van der Waals surface area contributed by atoms with Crippen LogP contribution in [0.25, 0.3) is 10.9 Å². The largest absolute Gasteiger partial charge is 0.346 e. The van der Waals surface area contributed by atoms with Gasteiger partial charge in [0.2, 0.25) is 5.91 Å². The molecule has 1 aliphatic carbocycles. The molecular formula is C18H20N2O. The molecule has 1 saturated heterocycles. The molecular weight excluding hydrogens is 260 g/mol. The van der Waals surface area contributed by atoms with Crippen molar-refractivity contribution in [3.8, 4) is 0 Å². The van der Waals surface area contributed by atoms with Gasteiger partial charge in [0.1, 0.15) is 0 Å². The fraction of sp³-hybridized carbons (Fsp3) is 0.389. The van der Waals surface area contributed by atoms with Crippen LogP contribution >= 0.6 is 0 Å². The van der Waals surface area contributed by atoms with Gasteiger partial charge in [-0.2, -0.15) is 0 Å². The average Bonchev–Trinajstić information content (AvgIpc) is 2.78. The molecule has 4 rings (SSSR count). The molecule has 2 aliphatic rings. The van der Waals surface area contributed by atoms with Gasteiger partial charge in [-0.25, -0.2) is 0 Å². The lowest BCUT2D eigenvalue weighted by atomic mass is 9.71. The first kappa shape index (κ1) is 12.7. The van der Waals surface area contributed by atoms with Crippen molar-refractivity contribution >= 4 is 16.8 Å². The second-order valence-corrected chi connectivity index (χ2v) is 6.48. The number of nitrogens with zero attached hydrogens (tertiary/aromatic N) is 2.